The van der Waals surface area contributed by atoms with Crippen LogP contribution in [0.25, 0.3) is 0 Å². The lowest BCUT2D eigenvalue weighted by Gasteiger charge is -2.16. The molecule has 1 aromatic carbocycles. The quantitative estimate of drug-likeness (QED) is 0.823. The van der Waals surface area contributed by atoms with Gasteiger partial charge >= 0.3 is 0 Å². The van der Waals surface area contributed by atoms with Gasteiger partial charge in [-0.1, -0.05) is 30.3 Å². The molecule has 0 saturated carbocycles. The van der Waals surface area contributed by atoms with Gasteiger partial charge in [0.15, 0.2) is 0 Å². The van der Waals surface area contributed by atoms with Gasteiger partial charge in [0.05, 0.1) is 18.5 Å². The van der Waals surface area contributed by atoms with Gasteiger partial charge in [-0.05, 0) is 12.5 Å². The lowest BCUT2D eigenvalue weighted by atomic mass is 10.0. The van der Waals surface area contributed by atoms with Crippen LogP contribution in [0.15, 0.2) is 30.3 Å². The van der Waals surface area contributed by atoms with E-state index in [1.54, 1.807) is 11.9 Å². The van der Waals surface area contributed by atoms with E-state index in [1.165, 1.54) is 0 Å². The molecule has 0 fully saturated rings. The summed E-state index contributed by atoms with van der Waals surface area (Å²) < 4.78 is 0. The van der Waals surface area contributed by atoms with Crippen molar-refractivity contribution in [3.63, 3.8) is 0 Å². The third-order valence-electron chi connectivity index (χ3n) is 2.88. The Balaban J connectivity index is 2.43. The van der Waals surface area contributed by atoms with Crippen molar-refractivity contribution in [2.45, 2.75) is 12.8 Å². The third-order valence-corrected chi connectivity index (χ3v) is 2.88. The van der Waals surface area contributed by atoms with Crippen molar-refractivity contribution in [2.24, 2.45) is 0 Å². The zero-order valence-corrected chi connectivity index (χ0v) is 10.9. The molecule has 4 nitrogen and oxygen atoms in total. The number of nitrogens with zero attached hydrogens (tertiary/aromatic N) is 2. The van der Waals surface area contributed by atoms with E-state index in [4.69, 9.17) is 5.26 Å². The van der Waals surface area contributed by atoms with Gasteiger partial charge in [-0.3, -0.25) is 4.79 Å². The van der Waals surface area contributed by atoms with Crippen LogP contribution in [0.1, 0.15) is 18.4 Å². The highest BCUT2D eigenvalue weighted by Crippen LogP contribution is 2.12. The standard InChI is InChI=1S/C14H19N3O/c1-3-17(2)14(18)11-16-10-13(9-15)12-7-5-4-6-8-12/h4-8,13,16H,3,10-11H2,1-2H3. The third kappa shape index (κ3) is 4.19. The van der Waals surface area contributed by atoms with Crippen LogP contribution in [0, 0.1) is 11.3 Å². The average Bonchev–Trinajstić information content (AvgIpc) is 2.43. The SMILES string of the molecule is CCN(C)C(=O)CNCC(C#N)c1ccccc1. The van der Waals surface area contributed by atoms with Crippen LogP contribution in [-0.4, -0.2) is 37.5 Å². The minimum atomic E-state index is -0.217. The summed E-state index contributed by atoms with van der Waals surface area (Å²) in [7, 11) is 1.77. The lowest BCUT2D eigenvalue weighted by molar-refractivity contribution is -0.128. The minimum absolute atomic E-state index is 0.0438. The maximum Gasteiger partial charge on any atom is 0.236 e. The van der Waals surface area contributed by atoms with Crippen molar-refractivity contribution in [3.8, 4) is 6.07 Å². The molecule has 4 heteroatoms. The number of amides is 1. The minimum Gasteiger partial charge on any atom is -0.345 e. The average molecular weight is 245 g/mol. The number of carbonyl (C=O) groups is 1. The molecule has 0 aliphatic rings. The molecule has 0 aliphatic heterocycles. The number of nitriles is 1. The first-order valence-electron chi connectivity index (χ1n) is 6.08. The molecule has 18 heavy (non-hydrogen) atoms. The molecule has 1 aromatic rings. The summed E-state index contributed by atoms with van der Waals surface area (Å²) in [6, 6.07) is 11.8. The Labute approximate surface area is 108 Å². The summed E-state index contributed by atoms with van der Waals surface area (Å²) in [6.07, 6.45) is 0. The Morgan fingerprint density at radius 1 is 1.44 bits per heavy atom. The number of hydrogen-bond acceptors (Lipinski definition) is 3. The van der Waals surface area contributed by atoms with E-state index in [2.05, 4.69) is 11.4 Å². The van der Waals surface area contributed by atoms with E-state index in [0.717, 1.165) is 5.56 Å². The van der Waals surface area contributed by atoms with E-state index in [9.17, 15) is 4.79 Å². The van der Waals surface area contributed by atoms with Gasteiger partial charge in [-0.25, -0.2) is 0 Å². The zero-order valence-electron chi connectivity index (χ0n) is 10.9. The number of rotatable bonds is 6. The second-order valence-corrected chi connectivity index (χ2v) is 4.13. The molecule has 1 N–H and O–H groups in total. The molecule has 1 amide bonds. The van der Waals surface area contributed by atoms with Crippen LogP contribution in [0.5, 0.6) is 0 Å². The first-order chi connectivity index (χ1) is 8.69. The molecule has 1 rings (SSSR count). The molecular weight excluding hydrogens is 226 g/mol. The van der Waals surface area contributed by atoms with E-state index in [1.807, 2.05) is 37.3 Å². The van der Waals surface area contributed by atoms with Gasteiger partial charge in [-0.15, -0.1) is 0 Å². The molecular formula is C14H19N3O. The summed E-state index contributed by atoms with van der Waals surface area (Å²) in [4.78, 5) is 13.2. The van der Waals surface area contributed by atoms with Gasteiger partial charge in [0.2, 0.25) is 5.91 Å². The Morgan fingerprint density at radius 3 is 2.67 bits per heavy atom. The highest BCUT2D eigenvalue weighted by molar-refractivity contribution is 5.77. The van der Waals surface area contributed by atoms with Crippen LogP contribution < -0.4 is 5.32 Å². The molecule has 1 unspecified atom stereocenters. The van der Waals surface area contributed by atoms with E-state index < -0.39 is 0 Å². The lowest BCUT2D eigenvalue weighted by Crippen LogP contribution is -2.36. The maximum atomic E-state index is 11.6. The first-order valence-corrected chi connectivity index (χ1v) is 6.08. The van der Waals surface area contributed by atoms with Crippen molar-refractivity contribution >= 4 is 5.91 Å². The highest BCUT2D eigenvalue weighted by Gasteiger charge is 2.11. The molecule has 0 saturated heterocycles. The van der Waals surface area contributed by atoms with Crippen LogP contribution >= 0.6 is 0 Å². The number of hydrogen-bond donors (Lipinski definition) is 1. The Hall–Kier alpha value is -1.86. The van der Waals surface area contributed by atoms with Crippen molar-refractivity contribution in [3.05, 3.63) is 35.9 Å². The van der Waals surface area contributed by atoms with Gasteiger partial charge < -0.3 is 10.2 Å². The first kappa shape index (κ1) is 14.2. The number of nitrogens with one attached hydrogen (secondary N) is 1. The number of likely N-dealkylation sites (N-methyl/N-ethyl adjacent to an activating group) is 1. The fourth-order valence-corrected chi connectivity index (χ4v) is 1.56. The van der Waals surface area contributed by atoms with Crippen LogP contribution in [0.4, 0.5) is 0 Å². The van der Waals surface area contributed by atoms with Crippen molar-refractivity contribution < 1.29 is 4.79 Å². The normalized spacial score (nSPS) is 11.6. The fraction of sp³-hybridized carbons (Fsp3) is 0.429. The van der Waals surface area contributed by atoms with Crippen molar-refractivity contribution in [1.29, 1.82) is 5.26 Å². The second kappa shape index (κ2) is 7.46. The Kier molecular flexibility index (Phi) is 5.89. The predicted octanol–water partition coefficient (Wildman–Crippen LogP) is 1.36. The van der Waals surface area contributed by atoms with Crippen molar-refractivity contribution in [1.82, 2.24) is 10.2 Å². The van der Waals surface area contributed by atoms with Gasteiger partial charge in [-0.2, -0.15) is 5.26 Å². The molecule has 0 aromatic heterocycles. The zero-order chi connectivity index (χ0) is 13.4. The maximum absolute atomic E-state index is 11.6. The summed E-state index contributed by atoms with van der Waals surface area (Å²) in [6.45, 7) is 3.39. The molecule has 0 heterocycles. The highest BCUT2D eigenvalue weighted by atomic mass is 16.2. The summed E-state index contributed by atoms with van der Waals surface area (Å²) in [5.74, 6) is -0.173. The van der Waals surface area contributed by atoms with Crippen LogP contribution in [0.3, 0.4) is 0 Å². The smallest absolute Gasteiger partial charge is 0.236 e. The largest absolute Gasteiger partial charge is 0.345 e. The van der Waals surface area contributed by atoms with Gasteiger partial charge in [0.1, 0.15) is 0 Å². The summed E-state index contributed by atoms with van der Waals surface area (Å²) >= 11 is 0. The number of carbonyl (C=O) groups excluding carboxylic acids is 1. The fourth-order valence-electron chi connectivity index (χ4n) is 1.56. The van der Waals surface area contributed by atoms with Gasteiger partial charge in [0, 0.05) is 20.1 Å². The molecule has 0 radical (unpaired) electrons. The molecule has 0 aliphatic carbocycles. The monoisotopic (exact) mass is 245 g/mol. The second-order valence-electron chi connectivity index (χ2n) is 4.13. The van der Waals surface area contributed by atoms with E-state index in [0.29, 0.717) is 13.1 Å². The molecule has 96 valence electrons. The number of benzene rings is 1. The summed E-state index contributed by atoms with van der Waals surface area (Å²) in [5, 5.41) is 12.2. The molecule has 1 atom stereocenters. The summed E-state index contributed by atoms with van der Waals surface area (Å²) in [5.41, 5.74) is 0.976. The van der Waals surface area contributed by atoms with E-state index >= 15 is 0 Å². The van der Waals surface area contributed by atoms with Crippen LogP contribution in [-0.2, 0) is 4.79 Å². The van der Waals surface area contributed by atoms with Crippen molar-refractivity contribution in [2.75, 3.05) is 26.7 Å². The molecule has 0 spiro atoms. The predicted molar refractivity (Wildman–Crippen MR) is 71.0 cm³/mol. The van der Waals surface area contributed by atoms with Crippen LogP contribution in [0.2, 0.25) is 0 Å². The molecule has 0 bridgehead atoms. The van der Waals surface area contributed by atoms with E-state index in [-0.39, 0.29) is 18.4 Å². The topological polar surface area (TPSA) is 56.1 Å². The Bertz CT molecular complexity index is 411. The Morgan fingerprint density at radius 2 is 2.11 bits per heavy atom. The van der Waals surface area contributed by atoms with Gasteiger partial charge in [0.25, 0.3) is 0 Å².